The fraction of sp³-hybridized carbons (Fsp3) is 0.0744. The van der Waals surface area contributed by atoms with Gasteiger partial charge in [0.2, 0.25) is 9.84 Å². The van der Waals surface area contributed by atoms with E-state index in [0.29, 0.717) is 61.9 Å². The van der Waals surface area contributed by atoms with Crippen LogP contribution in [0.1, 0.15) is 75.2 Å². The Balaban J connectivity index is 0.000000140. The Morgan fingerprint density at radius 2 is 0.681 bits per heavy atom. The molecule has 23 heteroatoms. The molecule has 0 fully saturated rings. The Morgan fingerprint density at radius 3 is 1.12 bits per heavy atom. The normalized spacial score (nSPS) is 14.2. The molecule has 0 radical (unpaired) electrons. The summed E-state index contributed by atoms with van der Waals surface area (Å²) in [6, 6.07) is 146. The lowest BCUT2D eigenvalue weighted by molar-refractivity contribution is -0.382. The fourth-order valence-corrected chi connectivity index (χ4v) is 22.3. The molecule has 0 saturated carbocycles. The van der Waals surface area contributed by atoms with Gasteiger partial charge in [-0.3, -0.25) is 0 Å². The number of alkyl halides is 9. The molecule has 21 aromatic rings. The molecular weight excluding hydrogens is 1840 g/mol. The van der Waals surface area contributed by atoms with Crippen molar-refractivity contribution in [3.05, 3.63) is 522 Å². The molecule has 2 N–H and O–H groups in total. The highest BCUT2D eigenvalue weighted by Crippen LogP contribution is 2.63. The molecule has 1 unspecified atom stereocenters. The number of hydrogen-bond donors (Lipinski definition) is 2. The van der Waals surface area contributed by atoms with Gasteiger partial charge in [0.15, 0.2) is 34.9 Å². The Kier molecular flexibility index (Phi) is 23.7. The number of benzene rings is 17. The van der Waals surface area contributed by atoms with Crippen LogP contribution in [0.4, 0.5) is 39.5 Å². The van der Waals surface area contributed by atoms with E-state index in [9.17, 15) is 49.2 Å². The van der Waals surface area contributed by atoms with E-state index in [1.807, 2.05) is 97.1 Å². The van der Waals surface area contributed by atoms with Crippen LogP contribution in [0.3, 0.4) is 0 Å². The number of allylic oxidation sites excluding steroid dienone is 4. The predicted molar refractivity (Wildman–Crippen MR) is 553 cm³/mol. The van der Waals surface area contributed by atoms with Gasteiger partial charge in [-0.1, -0.05) is 394 Å². The number of hydrogen-bond acceptors (Lipinski definition) is 10. The zero-order chi connectivity index (χ0) is 98.9. The van der Waals surface area contributed by atoms with Gasteiger partial charge < -0.3 is 19.2 Å². The SMILES string of the molecule is C1=C(c2nc(-c3ccccc3)nc(-c3ccccc3)n2)C(c2ccc3c4ccccc4n(-c4ccccc4)c3c2)CC2=C1c1ccccc1C2(c1ccccc1)c1ccccc1.O=S(=O)(Cc1cc2c(cc1-c1nc(-c3ccccc3)nc(-c3ccccc3)n1)-c1ccccc1C2(c1ccccc1)c1ccccc1)C(F)(F)C(F)(F)C(F)(F)C(F)(F)F.OB(O)c1ccc2c3ccccc3n(-c3ccccc3)c2c1.[2HH]. The third kappa shape index (κ3) is 15.7. The largest absolute Gasteiger partial charge is 0.488 e. The van der Waals surface area contributed by atoms with E-state index in [4.69, 9.17) is 15.0 Å². The first-order valence-electron chi connectivity index (χ1n) is 46.7. The van der Waals surface area contributed by atoms with Gasteiger partial charge in [-0.25, -0.2) is 38.3 Å². The topological polar surface area (TPSA) is 162 Å². The first-order valence-corrected chi connectivity index (χ1v) is 48.3. The molecule has 4 aromatic heterocycles. The van der Waals surface area contributed by atoms with Crippen LogP contribution in [0.25, 0.3) is 134 Å². The van der Waals surface area contributed by atoms with E-state index in [1.165, 1.54) is 72.9 Å². The molecule has 144 heavy (non-hydrogen) atoms. The van der Waals surface area contributed by atoms with Crippen molar-refractivity contribution < 1.29 is 59.4 Å². The van der Waals surface area contributed by atoms with Crippen molar-refractivity contribution >= 4 is 77.2 Å². The first-order chi connectivity index (χ1) is 69.9. The summed E-state index contributed by atoms with van der Waals surface area (Å²) in [6.45, 7) is 0. The Hall–Kier alpha value is -16.9. The van der Waals surface area contributed by atoms with Crippen LogP contribution < -0.4 is 5.46 Å². The van der Waals surface area contributed by atoms with Gasteiger partial charge in [0.05, 0.1) is 38.6 Å². The van der Waals surface area contributed by atoms with Crippen molar-refractivity contribution in [1.29, 1.82) is 0 Å². The van der Waals surface area contributed by atoms with Gasteiger partial charge >= 0.3 is 30.4 Å². The average Bonchev–Trinajstić information content (AvgIpc) is 1.54. The Morgan fingerprint density at radius 1 is 0.326 bits per heavy atom. The van der Waals surface area contributed by atoms with E-state index >= 15 is 8.78 Å². The van der Waals surface area contributed by atoms with Gasteiger partial charge in [0, 0.05) is 73.7 Å². The van der Waals surface area contributed by atoms with Crippen molar-refractivity contribution in [2.24, 2.45) is 0 Å². The first kappa shape index (κ1) is 92.2. The predicted octanol–water partition coefficient (Wildman–Crippen LogP) is 28.0. The quantitative estimate of drug-likeness (QED) is 0.0589. The monoisotopic (exact) mass is 1930 g/mol. The van der Waals surface area contributed by atoms with E-state index in [0.717, 1.165) is 56.3 Å². The van der Waals surface area contributed by atoms with Crippen molar-refractivity contribution in [3.63, 3.8) is 0 Å². The summed E-state index contributed by atoms with van der Waals surface area (Å²) in [5, 5.41) is 16.7. The number of aromatic nitrogens is 8. The molecule has 24 rings (SSSR count). The second-order valence-corrected chi connectivity index (χ2v) is 37.7. The minimum absolute atomic E-state index is 0. The van der Waals surface area contributed by atoms with E-state index in [-0.39, 0.29) is 35.9 Å². The summed E-state index contributed by atoms with van der Waals surface area (Å²) in [5.41, 5.74) is 20.2. The molecular formula is C121H84BF9N8O4S. The van der Waals surface area contributed by atoms with Gasteiger partial charge in [-0.2, -0.15) is 39.5 Å². The Bertz CT molecular complexity index is 8460. The molecule has 12 nitrogen and oxygen atoms in total. The highest BCUT2D eigenvalue weighted by Gasteiger charge is 2.85. The van der Waals surface area contributed by atoms with Gasteiger partial charge in [0.1, 0.15) is 0 Å². The van der Waals surface area contributed by atoms with Crippen molar-refractivity contribution in [1.82, 2.24) is 39.0 Å². The summed E-state index contributed by atoms with van der Waals surface area (Å²) in [4.78, 5) is 29.7. The average molecular weight is 1930 g/mol. The van der Waals surface area contributed by atoms with Crippen molar-refractivity contribution in [2.75, 3.05) is 0 Å². The standard InChI is InChI=1S/C58H40N4.C45H28F9N3O2S.C18H14BNO2.H2/c1-6-20-39(21-7-1)55-59-56(40-22-8-2-9-23-40)61-57(60-55)50-37-49-45-30-16-18-32-51(45)58(42-24-10-3-11-25-42,43-26-12-4-13-27-43)52(49)38-48(50)41-34-35-47-46-31-17-19-33-53(46)62(54(47)36-41)44-28-14-5-15-29-44;46-42(47,44(50,51)52)43(48,49)45(53,54)60(58,59)27-30-25-37-35(33-23-13-14-24-36(33)41(37,31-19-9-3-10-20-31)32-21-11-4-12-22-32)26-34(30)40-56-38(28-15-5-1-6-16-28)55-39(57-40)29-17-7-2-8-18-29;21-19(22)13-10-11-16-15-8-4-5-9-17(15)20(18(16)12-13)14-6-2-1-3-7-14;/h1-37,48H,38H2;1-26H,27H2;1-12,21-22H;1H/i;;;1+1. The molecule has 0 amide bonds. The van der Waals surface area contributed by atoms with Crippen LogP contribution >= 0.6 is 0 Å². The molecule has 4 heterocycles. The number of nitrogens with zero attached hydrogens (tertiary/aromatic N) is 8. The van der Waals surface area contributed by atoms with Crippen LogP contribution in [0.15, 0.2) is 461 Å². The lowest BCUT2D eigenvalue weighted by Gasteiger charge is -2.38. The third-order valence-corrected chi connectivity index (χ3v) is 29.2. The molecule has 17 aromatic carbocycles. The molecule has 0 aliphatic heterocycles. The van der Waals surface area contributed by atoms with Crippen LogP contribution in [0.5, 0.6) is 0 Å². The van der Waals surface area contributed by atoms with Crippen molar-refractivity contribution in [2.45, 2.75) is 52.2 Å². The maximum atomic E-state index is 15.6. The van der Waals surface area contributed by atoms with Crippen LogP contribution in [-0.2, 0) is 26.4 Å². The number of para-hydroxylation sites is 4. The second kappa shape index (κ2) is 37.0. The van der Waals surface area contributed by atoms with E-state index in [1.54, 1.807) is 146 Å². The van der Waals surface area contributed by atoms with Crippen LogP contribution in [0.2, 0.25) is 0 Å². The summed E-state index contributed by atoms with van der Waals surface area (Å²) < 4.78 is 161. The highest BCUT2D eigenvalue weighted by atomic mass is 32.2. The third-order valence-electron chi connectivity index (χ3n) is 27.5. The van der Waals surface area contributed by atoms with Crippen molar-refractivity contribution in [3.8, 4) is 79.4 Å². The summed E-state index contributed by atoms with van der Waals surface area (Å²) in [6.07, 6.45) is -4.06. The van der Waals surface area contributed by atoms with Crippen LogP contribution in [-0.4, -0.2) is 87.9 Å². The molecule has 0 saturated heterocycles. The molecule has 3 aliphatic carbocycles. The minimum Gasteiger partial charge on any atom is -0.423 e. The maximum Gasteiger partial charge on any atom is 0.488 e. The Labute approximate surface area is 824 Å². The maximum absolute atomic E-state index is 15.6. The zero-order valence-electron chi connectivity index (χ0n) is 76.5. The highest BCUT2D eigenvalue weighted by molar-refractivity contribution is 7.91. The van der Waals surface area contributed by atoms with Gasteiger partial charge in [-0.05, 0) is 150 Å². The number of sulfone groups is 1. The lowest BCUT2D eigenvalue weighted by atomic mass is 9.63. The summed E-state index contributed by atoms with van der Waals surface area (Å²) >= 11 is 0. The lowest BCUT2D eigenvalue weighted by Crippen LogP contribution is -2.63. The molecule has 704 valence electrons. The molecule has 1 atom stereocenters. The van der Waals surface area contributed by atoms with Gasteiger partial charge in [0.25, 0.3) is 0 Å². The van der Waals surface area contributed by atoms with E-state index < -0.39 is 62.4 Å². The van der Waals surface area contributed by atoms with Gasteiger partial charge in [-0.15, -0.1) is 0 Å². The zero-order valence-corrected chi connectivity index (χ0v) is 77.3. The second-order valence-electron chi connectivity index (χ2n) is 35.7. The summed E-state index contributed by atoms with van der Waals surface area (Å²) in [7, 11) is -8.42. The number of fused-ring (bicyclic) bond motifs is 11. The molecule has 3 aliphatic rings. The van der Waals surface area contributed by atoms with E-state index in [2.05, 4.69) is 224 Å². The molecule has 0 bridgehead atoms. The molecule has 0 spiro atoms. The van der Waals surface area contributed by atoms with Crippen LogP contribution in [0, 0.1) is 0 Å². The number of rotatable bonds is 19. The number of halogens is 9. The minimum atomic E-state index is -7.45. The fourth-order valence-electron chi connectivity index (χ4n) is 20.9. The summed E-state index contributed by atoms with van der Waals surface area (Å²) in [5.74, 6) is -15.4. The smallest absolute Gasteiger partial charge is 0.423 e.